The SMILES string of the molecule is Cc1ccc2c(=O)n3c4cc(-c5ccccc5)c(-c5ccccc5)cc4nc3c3ccc(Cl)c1c23. The molecule has 0 fully saturated rings. The number of fused-ring (bicyclic) bond motifs is 4. The molecule has 0 spiro atoms. The fraction of sp³-hybridized carbons (Fsp3) is 0.0323. The number of hydrogen-bond donors (Lipinski definition) is 0. The molecular weight excluding hydrogens is 452 g/mol. The first kappa shape index (κ1) is 20.2. The van der Waals surface area contributed by atoms with Crippen LogP contribution < -0.4 is 5.56 Å². The van der Waals surface area contributed by atoms with Crippen molar-refractivity contribution in [3.8, 4) is 22.3 Å². The predicted octanol–water partition coefficient (Wildman–Crippen LogP) is 7.89. The van der Waals surface area contributed by atoms with Crippen LogP contribution in [0.2, 0.25) is 5.02 Å². The molecule has 3 nitrogen and oxygen atoms in total. The van der Waals surface area contributed by atoms with Gasteiger partial charge in [-0.3, -0.25) is 9.20 Å². The maximum absolute atomic E-state index is 13.9. The minimum atomic E-state index is -0.0752. The van der Waals surface area contributed by atoms with Gasteiger partial charge in [0.05, 0.1) is 11.0 Å². The molecule has 0 unspecified atom stereocenters. The first-order valence-corrected chi connectivity index (χ1v) is 11.9. The fourth-order valence-corrected chi connectivity index (χ4v) is 5.63. The van der Waals surface area contributed by atoms with Crippen LogP contribution in [0.1, 0.15) is 5.56 Å². The number of nitrogens with zero attached hydrogens (tertiary/aromatic N) is 2. The van der Waals surface area contributed by atoms with Crippen molar-refractivity contribution in [1.29, 1.82) is 0 Å². The van der Waals surface area contributed by atoms with Gasteiger partial charge in [-0.2, -0.15) is 0 Å². The third-order valence-corrected chi connectivity index (χ3v) is 7.27. The Morgan fingerprint density at radius 3 is 2.03 bits per heavy atom. The largest absolute Gasteiger partial charge is 0.268 e. The Bertz CT molecular complexity index is 1970. The van der Waals surface area contributed by atoms with Crippen LogP contribution in [0.5, 0.6) is 0 Å². The molecule has 7 aromatic rings. The monoisotopic (exact) mass is 470 g/mol. The van der Waals surface area contributed by atoms with E-state index in [2.05, 4.69) is 36.4 Å². The smallest absolute Gasteiger partial charge is 0.264 e. The molecule has 0 aliphatic heterocycles. The topological polar surface area (TPSA) is 34.4 Å². The summed E-state index contributed by atoms with van der Waals surface area (Å²) in [6.45, 7) is 2.02. The van der Waals surface area contributed by atoms with E-state index in [0.29, 0.717) is 16.1 Å². The zero-order valence-electron chi connectivity index (χ0n) is 18.9. The molecule has 4 heteroatoms. The molecule has 0 bridgehead atoms. The van der Waals surface area contributed by atoms with Gasteiger partial charge in [0.2, 0.25) is 0 Å². The number of benzene rings is 5. The molecule has 7 rings (SSSR count). The van der Waals surface area contributed by atoms with Crippen molar-refractivity contribution in [2.45, 2.75) is 6.92 Å². The van der Waals surface area contributed by atoms with Crippen molar-refractivity contribution >= 4 is 49.8 Å². The van der Waals surface area contributed by atoms with Gasteiger partial charge in [0.25, 0.3) is 5.56 Å². The maximum atomic E-state index is 13.9. The molecule has 0 N–H and O–H groups in total. The lowest BCUT2D eigenvalue weighted by Gasteiger charge is -2.12. The van der Waals surface area contributed by atoms with Crippen LogP contribution in [0, 0.1) is 6.92 Å². The number of rotatable bonds is 2. The highest BCUT2D eigenvalue weighted by molar-refractivity contribution is 6.38. The summed E-state index contributed by atoms with van der Waals surface area (Å²) in [4.78, 5) is 18.9. The lowest BCUT2D eigenvalue weighted by atomic mass is 9.94. The third-order valence-electron chi connectivity index (χ3n) is 6.96. The first-order chi connectivity index (χ1) is 17.1. The van der Waals surface area contributed by atoms with E-state index in [1.165, 1.54) is 0 Å². The van der Waals surface area contributed by atoms with Gasteiger partial charge >= 0.3 is 0 Å². The molecule has 2 heterocycles. The summed E-state index contributed by atoms with van der Waals surface area (Å²) >= 11 is 6.58. The van der Waals surface area contributed by atoms with E-state index >= 15 is 0 Å². The van der Waals surface area contributed by atoms with Crippen molar-refractivity contribution in [3.63, 3.8) is 0 Å². The Morgan fingerprint density at radius 1 is 0.714 bits per heavy atom. The molecule has 2 aromatic heterocycles. The van der Waals surface area contributed by atoms with E-state index in [1.807, 2.05) is 67.6 Å². The number of pyridine rings is 1. The molecule has 166 valence electrons. The highest BCUT2D eigenvalue weighted by Crippen LogP contribution is 2.38. The van der Waals surface area contributed by atoms with Crippen LogP contribution in [0.4, 0.5) is 0 Å². The summed E-state index contributed by atoms with van der Waals surface area (Å²) in [5.41, 5.74) is 7.58. The molecular formula is C31H19ClN2O. The second-order valence-electron chi connectivity index (χ2n) is 8.97. The number of hydrogen-bond acceptors (Lipinski definition) is 2. The van der Waals surface area contributed by atoms with Crippen molar-refractivity contribution in [2.75, 3.05) is 0 Å². The predicted molar refractivity (Wildman–Crippen MR) is 146 cm³/mol. The summed E-state index contributed by atoms with van der Waals surface area (Å²) in [6.07, 6.45) is 0. The normalized spacial score (nSPS) is 11.8. The fourth-order valence-electron chi connectivity index (χ4n) is 5.33. The van der Waals surface area contributed by atoms with E-state index in [-0.39, 0.29) is 5.56 Å². The number of aromatic nitrogens is 2. The summed E-state index contributed by atoms with van der Waals surface area (Å²) in [5, 5.41) is 4.04. The van der Waals surface area contributed by atoms with Gasteiger partial charge < -0.3 is 0 Å². The molecule has 0 atom stereocenters. The van der Waals surface area contributed by atoms with Crippen LogP contribution in [-0.2, 0) is 0 Å². The highest BCUT2D eigenvalue weighted by Gasteiger charge is 2.20. The van der Waals surface area contributed by atoms with E-state index in [4.69, 9.17) is 16.6 Å². The van der Waals surface area contributed by atoms with Crippen molar-refractivity contribution in [3.05, 3.63) is 118 Å². The van der Waals surface area contributed by atoms with E-state index in [9.17, 15) is 4.79 Å². The average molecular weight is 471 g/mol. The quantitative estimate of drug-likeness (QED) is 0.257. The Morgan fingerprint density at radius 2 is 1.34 bits per heavy atom. The Hall–Kier alpha value is -4.21. The molecule has 0 aliphatic rings. The Kier molecular flexibility index (Phi) is 4.26. The van der Waals surface area contributed by atoms with Crippen LogP contribution in [0.15, 0.2) is 102 Å². The molecule has 0 saturated carbocycles. The van der Waals surface area contributed by atoms with Crippen molar-refractivity contribution in [1.82, 2.24) is 9.38 Å². The summed E-state index contributed by atoms with van der Waals surface area (Å²) in [6, 6.07) is 32.6. The molecule has 35 heavy (non-hydrogen) atoms. The first-order valence-electron chi connectivity index (χ1n) is 11.6. The number of imidazole rings is 1. The van der Waals surface area contributed by atoms with Gasteiger partial charge in [-0.25, -0.2) is 4.98 Å². The van der Waals surface area contributed by atoms with Crippen molar-refractivity contribution in [2.24, 2.45) is 0 Å². The zero-order valence-corrected chi connectivity index (χ0v) is 19.7. The molecule has 5 aromatic carbocycles. The van der Waals surface area contributed by atoms with E-state index in [1.54, 1.807) is 4.40 Å². The summed E-state index contributed by atoms with van der Waals surface area (Å²) in [5.74, 6) is 0. The minimum absolute atomic E-state index is 0.0752. The van der Waals surface area contributed by atoms with E-state index < -0.39 is 0 Å². The summed E-state index contributed by atoms with van der Waals surface area (Å²) in [7, 11) is 0. The van der Waals surface area contributed by atoms with Gasteiger partial charge in [-0.1, -0.05) is 78.3 Å². The van der Waals surface area contributed by atoms with Gasteiger partial charge in [0.1, 0.15) is 5.65 Å². The van der Waals surface area contributed by atoms with Crippen LogP contribution in [0.25, 0.3) is 60.5 Å². The van der Waals surface area contributed by atoms with Crippen LogP contribution in [-0.4, -0.2) is 9.38 Å². The van der Waals surface area contributed by atoms with Gasteiger partial charge in [0.15, 0.2) is 0 Å². The average Bonchev–Trinajstić information content (AvgIpc) is 3.27. The van der Waals surface area contributed by atoms with Crippen molar-refractivity contribution < 1.29 is 0 Å². The second-order valence-corrected chi connectivity index (χ2v) is 9.38. The molecule has 0 saturated heterocycles. The van der Waals surface area contributed by atoms with Gasteiger partial charge in [-0.15, -0.1) is 0 Å². The highest BCUT2D eigenvalue weighted by atomic mass is 35.5. The minimum Gasteiger partial charge on any atom is -0.268 e. The summed E-state index contributed by atoms with van der Waals surface area (Å²) < 4.78 is 1.76. The maximum Gasteiger partial charge on any atom is 0.264 e. The molecule has 0 radical (unpaired) electrons. The van der Waals surface area contributed by atoms with Gasteiger partial charge in [0, 0.05) is 26.6 Å². The standard InChI is InChI=1S/C31H19ClN2O/c1-18-12-13-22-29-21(14-15-25(32)28(18)29)30-33-26-16-23(19-8-4-2-5-9-19)24(20-10-6-3-7-11-20)17-27(26)34(30)31(22)35/h2-17H,1H3. The number of halogens is 1. The van der Waals surface area contributed by atoms with Crippen LogP contribution >= 0.6 is 11.6 Å². The third kappa shape index (κ3) is 2.85. The van der Waals surface area contributed by atoms with Crippen LogP contribution in [0.3, 0.4) is 0 Å². The lowest BCUT2D eigenvalue weighted by molar-refractivity contribution is 1.19. The molecule has 0 aliphatic carbocycles. The van der Waals surface area contributed by atoms with Gasteiger partial charge in [-0.05, 0) is 65.1 Å². The van der Waals surface area contributed by atoms with E-state index in [0.717, 1.165) is 55.0 Å². The molecule has 0 amide bonds. The second kappa shape index (κ2) is 7.39. The zero-order chi connectivity index (χ0) is 23.7. The Labute approximate surface area is 206 Å². The number of aryl methyl sites for hydroxylation is 1. The lowest BCUT2D eigenvalue weighted by Crippen LogP contribution is -2.13. The Balaban J connectivity index is 1.68.